The number of aromatic amines is 1. The number of carbonyl (C=O) groups is 1. The van der Waals surface area contributed by atoms with Gasteiger partial charge in [0.25, 0.3) is 5.91 Å². The van der Waals surface area contributed by atoms with E-state index in [1.807, 2.05) is 0 Å². The molecule has 1 aliphatic heterocycles. The maximum Gasteiger partial charge on any atom is 0.267 e. The van der Waals surface area contributed by atoms with Crippen LogP contribution in [-0.4, -0.2) is 66.4 Å². The molecule has 20 heavy (non-hydrogen) atoms. The Morgan fingerprint density at radius 1 is 1.50 bits per heavy atom. The molecule has 2 heterocycles. The van der Waals surface area contributed by atoms with Crippen molar-refractivity contribution < 1.29 is 14.6 Å². The highest BCUT2D eigenvalue weighted by atomic mass is 35.5. The molecule has 1 unspecified atom stereocenters. The van der Waals surface area contributed by atoms with Crippen LogP contribution in [0.25, 0.3) is 0 Å². The highest BCUT2D eigenvalue weighted by molar-refractivity contribution is 6.41. The summed E-state index contributed by atoms with van der Waals surface area (Å²) in [5.74, 6) is -0.347. The average molecular weight is 322 g/mol. The number of H-pyrrole nitrogens is 1. The molecule has 1 aromatic heterocycles. The second-order valence-electron chi connectivity index (χ2n) is 4.62. The molecule has 0 radical (unpaired) electrons. The van der Waals surface area contributed by atoms with Crippen molar-refractivity contribution in [3.05, 3.63) is 21.9 Å². The van der Waals surface area contributed by atoms with E-state index in [0.29, 0.717) is 24.8 Å². The van der Waals surface area contributed by atoms with Gasteiger partial charge < -0.3 is 20.1 Å². The third kappa shape index (κ3) is 4.36. The number of rotatable bonds is 5. The number of amides is 1. The smallest absolute Gasteiger partial charge is 0.267 e. The normalized spacial score (nSPS) is 17.9. The lowest BCUT2D eigenvalue weighted by molar-refractivity contribution is 0.0149. The van der Waals surface area contributed by atoms with Gasteiger partial charge in [-0.3, -0.25) is 9.69 Å². The molecule has 112 valence electrons. The molecule has 1 fully saturated rings. The van der Waals surface area contributed by atoms with Gasteiger partial charge in [0.1, 0.15) is 10.8 Å². The van der Waals surface area contributed by atoms with Gasteiger partial charge >= 0.3 is 0 Å². The second-order valence-corrected chi connectivity index (χ2v) is 5.41. The van der Waals surface area contributed by atoms with Crippen LogP contribution in [0.3, 0.4) is 0 Å². The van der Waals surface area contributed by atoms with Crippen molar-refractivity contribution in [1.29, 1.82) is 0 Å². The average Bonchev–Trinajstić information content (AvgIpc) is 2.77. The van der Waals surface area contributed by atoms with E-state index in [9.17, 15) is 9.90 Å². The number of aliphatic hydroxyl groups excluding tert-OH is 1. The fraction of sp³-hybridized carbons (Fsp3) is 0.583. The Morgan fingerprint density at radius 2 is 2.20 bits per heavy atom. The number of nitrogens with zero attached hydrogens (tertiary/aromatic N) is 1. The lowest BCUT2D eigenvalue weighted by atomic mass is 10.3. The van der Waals surface area contributed by atoms with Crippen molar-refractivity contribution >= 4 is 29.1 Å². The number of morpholine rings is 1. The van der Waals surface area contributed by atoms with E-state index in [4.69, 9.17) is 27.9 Å². The van der Waals surface area contributed by atoms with E-state index in [1.54, 1.807) is 0 Å². The molecule has 0 bridgehead atoms. The summed E-state index contributed by atoms with van der Waals surface area (Å²) in [4.78, 5) is 16.6. The Bertz CT molecular complexity index is 441. The van der Waals surface area contributed by atoms with Crippen molar-refractivity contribution in [3.8, 4) is 0 Å². The number of hydrogen-bond acceptors (Lipinski definition) is 4. The number of aromatic nitrogens is 1. The van der Waals surface area contributed by atoms with Gasteiger partial charge in [0.2, 0.25) is 0 Å². The van der Waals surface area contributed by atoms with Crippen LogP contribution in [0.5, 0.6) is 0 Å². The molecule has 0 spiro atoms. The molecule has 0 saturated carbocycles. The van der Waals surface area contributed by atoms with Crippen LogP contribution in [0.15, 0.2) is 6.07 Å². The summed E-state index contributed by atoms with van der Waals surface area (Å²) in [5, 5.41) is 13.1. The quantitative estimate of drug-likeness (QED) is 0.747. The summed E-state index contributed by atoms with van der Waals surface area (Å²) in [5.41, 5.74) is 0.276. The number of aliphatic hydroxyl groups is 1. The highest BCUT2D eigenvalue weighted by Gasteiger charge is 2.17. The van der Waals surface area contributed by atoms with Crippen molar-refractivity contribution in [3.63, 3.8) is 0 Å². The molecule has 8 heteroatoms. The van der Waals surface area contributed by atoms with E-state index in [-0.39, 0.29) is 23.3 Å². The molecule has 1 atom stereocenters. The number of hydrogen-bond donors (Lipinski definition) is 3. The Hall–Kier alpha value is -0.790. The first-order valence-corrected chi connectivity index (χ1v) is 7.12. The molecule has 1 saturated heterocycles. The lowest BCUT2D eigenvalue weighted by Gasteiger charge is -2.28. The second kappa shape index (κ2) is 7.28. The topological polar surface area (TPSA) is 77.6 Å². The largest absolute Gasteiger partial charge is 0.390 e. The first-order valence-electron chi connectivity index (χ1n) is 6.36. The molecule has 1 amide bonds. The van der Waals surface area contributed by atoms with E-state index in [0.717, 1.165) is 13.1 Å². The minimum absolute atomic E-state index is 0.171. The molecule has 3 N–H and O–H groups in total. The Kier molecular flexibility index (Phi) is 5.68. The summed E-state index contributed by atoms with van der Waals surface area (Å²) < 4.78 is 5.23. The van der Waals surface area contributed by atoms with Gasteiger partial charge in [-0.15, -0.1) is 0 Å². The Labute approximate surface area is 127 Å². The first kappa shape index (κ1) is 15.6. The zero-order chi connectivity index (χ0) is 14.5. The summed E-state index contributed by atoms with van der Waals surface area (Å²) in [6.07, 6.45) is -0.627. The summed E-state index contributed by atoms with van der Waals surface area (Å²) in [7, 11) is 0. The van der Waals surface area contributed by atoms with Gasteiger partial charge in [-0.1, -0.05) is 23.2 Å². The first-order chi connectivity index (χ1) is 9.56. The van der Waals surface area contributed by atoms with Gasteiger partial charge in [0.05, 0.1) is 24.3 Å². The third-order valence-electron chi connectivity index (χ3n) is 3.04. The zero-order valence-electron chi connectivity index (χ0n) is 10.9. The van der Waals surface area contributed by atoms with Crippen LogP contribution in [0.2, 0.25) is 10.2 Å². The Morgan fingerprint density at radius 3 is 2.80 bits per heavy atom. The summed E-state index contributed by atoms with van der Waals surface area (Å²) in [6, 6.07) is 1.45. The summed E-state index contributed by atoms with van der Waals surface area (Å²) >= 11 is 11.5. The van der Waals surface area contributed by atoms with Crippen molar-refractivity contribution in [2.45, 2.75) is 6.10 Å². The Balaban J connectivity index is 1.74. The molecule has 6 nitrogen and oxygen atoms in total. The van der Waals surface area contributed by atoms with Gasteiger partial charge in [-0.2, -0.15) is 0 Å². The van der Waals surface area contributed by atoms with Crippen molar-refractivity contribution in [2.75, 3.05) is 39.4 Å². The lowest BCUT2D eigenvalue weighted by Crippen LogP contribution is -2.44. The zero-order valence-corrected chi connectivity index (χ0v) is 12.4. The minimum atomic E-state index is -0.627. The third-order valence-corrected chi connectivity index (χ3v) is 3.73. The monoisotopic (exact) mass is 321 g/mol. The van der Waals surface area contributed by atoms with E-state index in [1.165, 1.54) is 6.07 Å². The number of halogens is 2. The fourth-order valence-electron chi connectivity index (χ4n) is 1.98. The molecular formula is C12H17Cl2N3O3. The molecule has 1 aliphatic rings. The van der Waals surface area contributed by atoms with Gasteiger partial charge in [0.15, 0.2) is 0 Å². The van der Waals surface area contributed by atoms with E-state index in [2.05, 4.69) is 15.2 Å². The molecular weight excluding hydrogens is 305 g/mol. The number of carbonyl (C=O) groups excluding carboxylic acids is 1. The van der Waals surface area contributed by atoms with Crippen molar-refractivity contribution in [2.24, 2.45) is 0 Å². The SMILES string of the molecule is O=C(NCC(O)CN1CCOCC1)c1cc(Cl)c(Cl)[nH]1. The van der Waals surface area contributed by atoms with E-state index >= 15 is 0 Å². The van der Waals surface area contributed by atoms with Gasteiger partial charge in [-0.05, 0) is 6.07 Å². The van der Waals surface area contributed by atoms with Crippen LogP contribution in [-0.2, 0) is 4.74 Å². The van der Waals surface area contributed by atoms with Crippen LogP contribution < -0.4 is 5.32 Å². The molecule has 1 aromatic rings. The number of nitrogens with one attached hydrogen (secondary N) is 2. The van der Waals surface area contributed by atoms with Gasteiger partial charge in [-0.25, -0.2) is 0 Å². The minimum Gasteiger partial charge on any atom is -0.390 e. The highest BCUT2D eigenvalue weighted by Crippen LogP contribution is 2.21. The van der Waals surface area contributed by atoms with Crippen LogP contribution >= 0.6 is 23.2 Å². The molecule has 2 rings (SSSR count). The van der Waals surface area contributed by atoms with Gasteiger partial charge in [0, 0.05) is 26.2 Å². The van der Waals surface area contributed by atoms with E-state index < -0.39 is 6.10 Å². The standard InChI is InChI=1S/C12H17Cl2N3O3/c13-9-5-10(16-11(9)14)12(19)15-6-8(18)7-17-1-3-20-4-2-17/h5,8,16,18H,1-4,6-7H2,(H,15,19). The van der Waals surface area contributed by atoms with Crippen LogP contribution in [0.1, 0.15) is 10.5 Å². The molecule has 0 aliphatic carbocycles. The summed E-state index contributed by atoms with van der Waals surface area (Å²) in [6.45, 7) is 3.64. The maximum absolute atomic E-state index is 11.8. The van der Waals surface area contributed by atoms with Crippen LogP contribution in [0, 0.1) is 0 Å². The number of ether oxygens (including phenoxy) is 1. The predicted molar refractivity (Wildman–Crippen MR) is 76.4 cm³/mol. The fourth-order valence-corrected chi connectivity index (χ4v) is 2.29. The predicted octanol–water partition coefficient (Wildman–Crippen LogP) is 0.744. The van der Waals surface area contributed by atoms with Crippen LogP contribution in [0.4, 0.5) is 0 Å². The maximum atomic E-state index is 11.8. The number of β-amino-alcohol motifs (C(OH)–C–C–N with tert-alkyl or cyclic N) is 1. The van der Waals surface area contributed by atoms with Crippen molar-refractivity contribution in [1.82, 2.24) is 15.2 Å². The molecule has 0 aromatic carbocycles.